The number of rotatable bonds is 2. The molecule has 0 aliphatic heterocycles. The minimum Gasteiger partial charge on any atom is -0.494 e. The molecule has 1 rings (SSSR count). The van der Waals surface area contributed by atoms with Crippen molar-refractivity contribution in [2.24, 2.45) is 10.8 Å². The number of aromatic nitrogens is 2. The Labute approximate surface area is 88.0 Å². The predicted molar refractivity (Wildman–Crippen MR) is 54.3 cm³/mol. The number of amides is 2. The molecule has 0 atom stereocenters. The molecule has 1 heterocycles. The standard InChI is InChI=1S/C7H9N5O4/c1-2(11-12-6(8)15)3-4(13)9-7(16)10-5(3)14/h1H3,(H3,8,12,15)(H3,9,10,13,14,16)/b11-2-. The fourth-order valence-corrected chi connectivity index (χ4v) is 1.00. The number of hydrogen-bond donors (Lipinski definition) is 5. The van der Waals surface area contributed by atoms with Crippen LogP contribution in [0, 0.1) is 0 Å². The van der Waals surface area contributed by atoms with E-state index in [0.717, 1.165) is 0 Å². The lowest BCUT2D eigenvalue weighted by Gasteiger charge is -2.01. The lowest BCUT2D eigenvalue weighted by Crippen LogP contribution is -2.29. The van der Waals surface area contributed by atoms with Crippen LogP contribution in [0.5, 0.6) is 5.88 Å². The highest BCUT2D eigenvalue weighted by Crippen LogP contribution is 2.05. The molecule has 0 unspecified atom stereocenters. The predicted octanol–water partition coefficient (Wildman–Crippen LogP) is -1.84. The number of nitrogens with two attached hydrogens (primary N) is 1. The monoisotopic (exact) mass is 227 g/mol. The van der Waals surface area contributed by atoms with Crippen LogP contribution in [0.15, 0.2) is 14.7 Å². The van der Waals surface area contributed by atoms with Gasteiger partial charge in [-0.3, -0.25) is 14.8 Å². The second-order valence-corrected chi connectivity index (χ2v) is 2.81. The average molecular weight is 227 g/mol. The molecule has 0 aromatic carbocycles. The van der Waals surface area contributed by atoms with Gasteiger partial charge in [0.2, 0.25) is 5.88 Å². The van der Waals surface area contributed by atoms with Gasteiger partial charge in [-0.1, -0.05) is 0 Å². The lowest BCUT2D eigenvalue weighted by atomic mass is 10.2. The minimum atomic E-state index is -0.917. The van der Waals surface area contributed by atoms with Crippen LogP contribution in [0.3, 0.4) is 0 Å². The number of H-pyrrole nitrogens is 2. The van der Waals surface area contributed by atoms with E-state index in [1.165, 1.54) is 6.92 Å². The third kappa shape index (κ3) is 2.47. The van der Waals surface area contributed by atoms with Crippen molar-refractivity contribution >= 4 is 11.7 Å². The number of hydrazone groups is 1. The molecule has 86 valence electrons. The summed E-state index contributed by atoms with van der Waals surface area (Å²) in [7, 11) is 0. The summed E-state index contributed by atoms with van der Waals surface area (Å²) in [6, 6.07) is -0.917. The summed E-state index contributed by atoms with van der Waals surface area (Å²) in [5, 5.41) is 12.7. The van der Waals surface area contributed by atoms with Crippen LogP contribution in [0.1, 0.15) is 12.5 Å². The normalized spacial score (nSPS) is 11.2. The maximum atomic E-state index is 11.3. The van der Waals surface area contributed by atoms with Gasteiger partial charge in [0.25, 0.3) is 5.56 Å². The zero-order valence-electron chi connectivity index (χ0n) is 8.20. The van der Waals surface area contributed by atoms with Gasteiger partial charge in [-0.15, -0.1) is 0 Å². The first-order valence-corrected chi connectivity index (χ1v) is 4.07. The molecule has 0 saturated carbocycles. The number of urea groups is 1. The number of carbonyl (C=O) groups excluding carboxylic acids is 1. The first-order chi connectivity index (χ1) is 7.41. The Bertz CT molecular complexity index is 555. The Morgan fingerprint density at radius 3 is 2.56 bits per heavy atom. The smallest absolute Gasteiger partial charge is 0.332 e. The molecule has 0 bridgehead atoms. The van der Waals surface area contributed by atoms with Gasteiger partial charge >= 0.3 is 11.7 Å². The van der Waals surface area contributed by atoms with Crippen LogP contribution >= 0.6 is 0 Å². The van der Waals surface area contributed by atoms with Crippen molar-refractivity contribution in [2.75, 3.05) is 0 Å². The Balaban J connectivity index is 3.24. The molecule has 6 N–H and O–H groups in total. The molecule has 0 spiro atoms. The molecule has 1 aromatic rings. The Morgan fingerprint density at radius 2 is 2.06 bits per heavy atom. The summed E-state index contributed by atoms with van der Waals surface area (Å²) in [6.07, 6.45) is 0. The summed E-state index contributed by atoms with van der Waals surface area (Å²) < 4.78 is 0. The van der Waals surface area contributed by atoms with Gasteiger partial charge in [-0.25, -0.2) is 15.0 Å². The van der Waals surface area contributed by atoms with Gasteiger partial charge in [0, 0.05) is 0 Å². The van der Waals surface area contributed by atoms with Gasteiger partial charge in [-0.05, 0) is 6.92 Å². The van der Waals surface area contributed by atoms with Crippen molar-refractivity contribution in [3.8, 4) is 5.88 Å². The zero-order chi connectivity index (χ0) is 12.3. The summed E-state index contributed by atoms with van der Waals surface area (Å²) in [6.45, 7) is 1.35. The first-order valence-electron chi connectivity index (χ1n) is 4.07. The number of aromatic hydroxyl groups is 1. The largest absolute Gasteiger partial charge is 0.494 e. The molecule has 0 saturated heterocycles. The first kappa shape index (κ1) is 11.5. The van der Waals surface area contributed by atoms with Crippen LogP contribution in [-0.4, -0.2) is 26.8 Å². The fourth-order valence-electron chi connectivity index (χ4n) is 1.00. The van der Waals surface area contributed by atoms with Crippen molar-refractivity contribution in [2.45, 2.75) is 6.92 Å². The molecule has 0 aliphatic carbocycles. The van der Waals surface area contributed by atoms with Gasteiger partial charge in [0.15, 0.2) is 0 Å². The van der Waals surface area contributed by atoms with Crippen LogP contribution in [0.25, 0.3) is 0 Å². The number of carbonyl (C=O) groups is 1. The van der Waals surface area contributed by atoms with E-state index < -0.39 is 23.2 Å². The second kappa shape index (κ2) is 4.29. The molecular weight excluding hydrogens is 218 g/mol. The van der Waals surface area contributed by atoms with E-state index in [0.29, 0.717) is 0 Å². The van der Waals surface area contributed by atoms with Crippen LogP contribution in [-0.2, 0) is 0 Å². The number of primary amides is 1. The van der Waals surface area contributed by atoms with E-state index in [-0.39, 0.29) is 11.3 Å². The summed E-state index contributed by atoms with van der Waals surface area (Å²) in [4.78, 5) is 36.3. The van der Waals surface area contributed by atoms with Crippen molar-refractivity contribution < 1.29 is 9.90 Å². The topological polar surface area (TPSA) is 153 Å². The third-order valence-corrected chi connectivity index (χ3v) is 1.62. The lowest BCUT2D eigenvalue weighted by molar-refractivity contribution is 0.249. The SMILES string of the molecule is C/C(=N/NC(N)=O)c1c(O)[nH]c(=O)[nH]c1=O. The summed E-state index contributed by atoms with van der Waals surface area (Å²) in [5.41, 5.74) is 4.71. The van der Waals surface area contributed by atoms with E-state index in [2.05, 4.69) is 5.10 Å². The maximum absolute atomic E-state index is 11.3. The van der Waals surface area contributed by atoms with Gasteiger partial charge in [0.05, 0.1) is 5.71 Å². The van der Waals surface area contributed by atoms with Crippen LogP contribution in [0.2, 0.25) is 0 Å². The molecular formula is C7H9N5O4. The van der Waals surface area contributed by atoms with Crippen molar-refractivity contribution in [1.82, 2.24) is 15.4 Å². The van der Waals surface area contributed by atoms with Gasteiger partial charge in [0.1, 0.15) is 5.56 Å². The van der Waals surface area contributed by atoms with E-state index in [1.54, 1.807) is 0 Å². The number of nitrogens with one attached hydrogen (secondary N) is 3. The van der Waals surface area contributed by atoms with E-state index in [4.69, 9.17) is 5.73 Å². The summed E-state index contributed by atoms with van der Waals surface area (Å²) in [5.74, 6) is -0.638. The highest BCUT2D eigenvalue weighted by molar-refractivity contribution is 6.00. The van der Waals surface area contributed by atoms with Crippen molar-refractivity contribution in [3.63, 3.8) is 0 Å². The van der Waals surface area contributed by atoms with E-state index in [1.807, 2.05) is 15.4 Å². The van der Waals surface area contributed by atoms with Crippen LogP contribution < -0.4 is 22.4 Å². The highest BCUT2D eigenvalue weighted by Gasteiger charge is 2.11. The maximum Gasteiger partial charge on any atom is 0.332 e. The number of nitrogens with zero attached hydrogens (tertiary/aromatic N) is 1. The Morgan fingerprint density at radius 1 is 1.44 bits per heavy atom. The van der Waals surface area contributed by atoms with Crippen LogP contribution in [0.4, 0.5) is 4.79 Å². The number of aromatic amines is 2. The minimum absolute atomic E-state index is 0.00574. The van der Waals surface area contributed by atoms with Gasteiger partial charge < -0.3 is 10.8 Å². The van der Waals surface area contributed by atoms with E-state index >= 15 is 0 Å². The quantitative estimate of drug-likeness (QED) is 0.297. The molecule has 9 nitrogen and oxygen atoms in total. The molecule has 0 aliphatic rings. The van der Waals surface area contributed by atoms with Gasteiger partial charge in [-0.2, -0.15) is 5.10 Å². The third-order valence-electron chi connectivity index (χ3n) is 1.62. The molecule has 0 radical (unpaired) electrons. The molecule has 0 fully saturated rings. The molecule has 2 amide bonds. The Hall–Kier alpha value is -2.58. The fraction of sp³-hybridized carbons (Fsp3) is 0.143. The molecule has 16 heavy (non-hydrogen) atoms. The second-order valence-electron chi connectivity index (χ2n) is 2.81. The average Bonchev–Trinajstić information content (AvgIpc) is 2.12. The number of hydrogen-bond acceptors (Lipinski definition) is 5. The molecule has 1 aromatic heterocycles. The van der Waals surface area contributed by atoms with Crippen molar-refractivity contribution in [1.29, 1.82) is 0 Å². The van der Waals surface area contributed by atoms with Crippen molar-refractivity contribution in [3.05, 3.63) is 26.4 Å². The highest BCUT2D eigenvalue weighted by atomic mass is 16.3. The van der Waals surface area contributed by atoms with E-state index in [9.17, 15) is 19.5 Å². The zero-order valence-corrected chi connectivity index (χ0v) is 8.20. The summed E-state index contributed by atoms with van der Waals surface area (Å²) >= 11 is 0. The molecule has 9 heteroatoms. The Kier molecular flexibility index (Phi) is 3.09.